The van der Waals surface area contributed by atoms with E-state index < -0.39 is 12.1 Å². The lowest BCUT2D eigenvalue weighted by Crippen LogP contribution is -2.30. The number of carboxylic acids is 1. The second-order valence-electron chi connectivity index (χ2n) is 8.98. The molecule has 0 spiro atoms. The van der Waals surface area contributed by atoms with Crippen LogP contribution in [0.25, 0.3) is 0 Å². The minimum atomic E-state index is -0.879. The number of aromatic hydroxyl groups is 2. The maximum atomic E-state index is 10.2. The Kier molecular flexibility index (Phi) is 13.8. The molecule has 0 bridgehead atoms. The molecule has 7 nitrogen and oxygen atoms in total. The highest BCUT2D eigenvalue weighted by atomic mass is 16.5. The first-order chi connectivity index (χ1) is 17.8. The van der Waals surface area contributed by atoms with E-state index in [0.717, 1.165) is 45.3 Å². The van der Waals surface area contributed by atoms with Gasteiger partial charge in [0.25, 0.3) is 0 Å². The number of ether oxygens (including phenoxy) is 1. The number of carboxylic acid groups (broad SMARTS) is 1. The minimum absolute atomic E-state index is 0.0481. The first-order valence-corrected chi connectivity index (χ1v) is 12.7. The Morgan fingerprint density at radius 3 is 2.08 bits per heavy atom. The van der Waals surface area contributed by atoms with Crippen molar-refractivity contribution in [3.8, 4) is 11.5 Å². The molecule has 3 aromatic rings. The summed E-state index contributed by atoms with van der Waals surface area (Å²) in [5.74, 6) is -0.975. The molecular formula is C30H39NO6. The van der Waals surface area contributed by atoms with Gasteiger partial charge in [0.15, 0.2) is 0 Å². The lowest BCUT2D eigenvalue weighted by molar-refractivity contribution is 0.0697. The van der Waals surface area contributed by atoms with Crippen LogP contribution in [0.15, 0.2) is 78.9 Å². The van der Waals surface area contributed by atoms with E-state index in [1.807, 2.05) is 6.07 Å². The Morgan fingerprint density at radius 2 is 1.49 bits per heavy atom. The van der Waals surface area contributed by atoms with E-state index >= 15 is 0 Å². The number of nitrogens with one attached hydrogen (secondary N) is 1. The van der Waals surface area contributed by atoms with Crippen molar-refractivity contribution >= 4 is 5.97 Å². The molecular weight excluding hydrogens is 470 g/mol. The van der Waals surface area contributed by atoms with Crippen molar-refractivity contribution in [3.05, 3.63) is 95.6 Å². The van der Waals surface area contributed by atoms with Gasteiger partial charge in [0, 0.05) is 25.3 Å². The number of carbonyl (C=O) groups is 1. The summed E-state index contributed by atoms with van der Waals surface area (Å²) in [6.45, 7) is 4.05. The number of hydrogen-bond acceptors (Lipinski definition) is 6. The minimum Gasteiger partial charge on any atom is -0.508 e. The standard InChI is InChI=1S/C23H33NO4.C7H6O2/c1-18(24-17-23(27)20-14-21(25)16-22(26)15-20)8-4-3-7-12-28-13-11-19-9-5-2-6-10-19;8-7(9)6-4-2-1-3-5-6/h2,5-6,9-10,14-16,18,23-27H,3-4,7-8,11-13,17H2,1H3;1-5H,(H,8,9). The SMILES string of the molecule is CC(CCCCCOCCc1ccccc1)NCC(O)c1cc(O)cc(O)c1.O=C(O)c1ccccc1. The van der Waals surface area contributed by atoms with Crippen molar-refractivity contribution in [2.24, 2.45) is 0 Å². The van der Waals surface area contributed by atoms with Gasteiger partial charge in [-0.1, -0.05) is 61.4 Å². The Balaban J connectivity index is 0.000000449. The molecule has 2 unspecified atom stereocenters. The maximum Gasteiger partial charge on any atom is 0.335 e. The molecule has 2 atom stereocenters. The normalized spacial score (nSPS) is 12.3. The molecule has 37 heavy (non-hydrogen) atoms. The number of aromatic carboxylic acids is 1. The summed E-state index contributed by atoms with van der Waals surface area (Å²) < 4.78 is 5.70. The van der Waals surface area contributed by atoms with Crippen LogP contribution in [-0.4, -0.2) is 52.2 Å². The number of hydrogen-bond donors (Lipinski definition) is 5. The Labute approximate surface area is 219 Å². The predicted molar refractivity (Wildman–Crippen MR) is 145 cm³/mol. The van der Waals surface area contributed by atoms with E-state index in [1.165, 1.54) is 23.8 Å². The lowest BCUT2D eigenvalue weighted by Gasteiger charge is -2.17. The smallest absolute Gasteiger partial charge is 0.335 e. The van der Waals surface area contributed by atoms with E-state index in [1.54, 1.807) is 30.3 Å². The highest BCUT2D eigenvalue weighted by molar-refractivity contribution is 5.87. The Hall–Kier alpha value is -3.39. The van der Waals surface area contributed by atoms with Gasteiger partial charge in [0.1, 0.15) is 11.5 Å². The van der Waals surface area contributed by atoms with Crippen molar-refractivity contribution in [2.45, 2.75) is 51.2 Å². The lowest BCUT2D eigenvalue weighted by atomic mass is 10.1. The number of phenols is 2. The zero-order valence-corrected chi connectivity index (χ0v) is 21.4. The van der Waals surface area contributed by atoms with Gasteiger partial charge in [0.2, 0.25) is 0 Å². The van der Waals surface area contributed by atoms with Crippen LogP contribution in [0.5, 0.6) is 11.5 Å². The van der Waals surface area contributed by atoms with E-state index in [-0.39, 0.29) is 11.5 Å². The van der Waals surface area contributed by atoms with E-state index in [4.69, 9.17) is 9.84 Å². The molecule has 0 fully saturated rings. The van der Waals surface area contributed by atoms with Crippen LogP contribution in [0.4, 0.5) is 0 Å². The molecule has 3 aromatic carbocycles. The molecule has 0 aliphatic heterocycles. The molecule has 0 saturated heterocycles. The summed E-state index contributed by atoms with van der Waals surface area (Å²) in [5.41, 5.74) is 2.15. The van der Waals surface area contributed by atoms with E-state index in [2.05, 4.69) is 36.5 Å². The summed E-state index contributed by atoms with van der Waals surface area (Å²) in [5, 5.41) is 40.9. The van der Waals surface area contributed by atoms with Gasteiger partial charge in [-0.05, 0) is 61.6 Å². The first-order valence-electron chi connectivity index (χ1n) is 12.7. The highest BCUT2D eigenvalue weighted by Crippen LogP contribution is 2.24. The summed E-state index contributed by atoms with van der Waals surface area (Å²) >= 11 is 0. The number of aliphatic hydroxyl groups excluding tert-OH is 1. The van der Waals surface area contributed by atoms with Gasteiger partial charge in [-0.15, -0.1) is 0 Å². The van der Waals surface area contributed by atoms with Crippen LogP contribution >= 0.6 is 0 Å². The summed E-state index contributed by atoms with van der Waals surface area (Å²) in [6.07, 6.45) is 4.52. The van der Waals surface area contributed by atoms with Crippen LogP contribution in [-0.2, 0) is 11.2 Å². The Bertz CT molecular complexity index is 1010. The van der Waals surface area contributed by atoms with Crippen molar-refractivity contribution in [2.75, 3.05) is 19.8 Å². The van der Waals surface area contributed by atoms with Crippen LogP contribution in [0.3, 0.4) is 0 Å². The fourth-order valence-electron chi connectivity index (χ4n) is 3.69. The molecule has 0 amide bonds. The molecule has 3 rings (SSSR count). The molecule has 0 aliphatic rings. The topological polar surface area (TPSA) is 119 Å². The fourth-order valence-corrected chi connectivity index (χ4v) is 3.69. The van der Waals surface area contributed by atoms with Crippen LogP contribution in [0.1, 0.15) is 60.2 Å². The molecule has 7 heteroatoms. The van der Waals surface area contributed by atoms with E-state index in [0.29, 0.717) is 23.7 Å². The van der Waals surface area contributed by atoms with Crippen molar-refractivity contribution in [1.82, 2.24) is 5.32 Å². The molecule has 0 saturated carbocycles. The fraction of sp³-hybridized carbons (Fsp3) is 0.367. The average molecular weight is 510 g/mol. The van der Waals surface area contributed by atoms with Gasteiger partial charge in [-0.3, -0.25) is 0 Å². The third-order valence-corrected chi connectivity index (χ3v) is 5.79. The zero-order valence-electron chi connectivity index (χ0n) is 21.4. The largest absolute Gasteiger partial charge is 0.508 e. The van der Waals surface area contributed by atoms with Crippen molar-refractivity contribution in [3.63, 3.8) is 0 Å². The quantitative estimate of drug-likeness (QED) is 0.187. The number of rotatable bonds is 14. The third kappa shape index (κ3) is 12.9. The van der Waals surface area contributed by atoms with Crippen LogP contribution in [0.2, 0.25) is 0 Å². The first kappa shape index (κ1) is 29.8. The van der Waals surface area contributed by atoms with Gasteiger partial charge in [-0.2, -0.15) is 0 Å². The van der Waals surface area contributed by atoms with Gasteiger partial charge >= 0.3 is 5.97 Å². The zero-order chi connectivity index (χ0) is 26.9. The monoisotopic (exact) mass is 509 g/mol. The maximum absolute atomic E-state index is 10.2. The number of benzene rings is 3. The Morgan fingerprint density at radius 1 is 0.865 bits per heavy atom. The average Bonchev–Trinajstić information content (AvgIpc) is 2.89. The predicted octanol–water partition coefficient (Wildman–Crippen LogP) is 5.31. The molecule has 0 radical (unpaired) electrons. The van der Waals surface area contributed by atoms with Gasteiger partial charge < -0.3 is 30.5 Å². The molecule has 0 heterocycles. The second kappa shape index (κ2) is 17.1. The van der Waals surface area contributed by atoms with E-state index in [9.17, 15) is 20.1 Å². The second-order valence-corrected chi connectivity index (χ2v) is 8.98. The van der Waals surface area contributed by atoms with Crippen molar-refractivity contribution in [1.29, 1.82) is 0 Å². The third-order valence-electron chi connectivity index (χ3n) is 5.79. The van der Waals surface area contributed by atoms with Gasteiger partial charge in [-0.25, -0.2) is 4.79 Å². The number of aliphatic hydroxyl groups is 1. The van der Waals surface area contributed by atoms with Crippen LogP contribution in [0, 0.1) is 0 Å². The molecule has 0 aromatic heterocycles. The highest BCUT2D eigenvalue weighted by Gasteiger charge is 2.11. The summed E-state index contributed by atoms with van der Waals surface area (Å²) in [6, 6.07) is 23.1. The molecule has 0 aliphatic carbocycles. The number of unbranched alkanes of at least 4 members (excludes halogenated alkanes) is 2. The van der Waals surface area contributed by atoms with Gasteiger partial charge in [0.05, 0.1) is 18.3 Å². The molecule has 5 N–H and O–H groups in total. The summed E-state index contributed by atoms with van der Waals surface area (Å²) in [4.78, 5) is 10.2. The number of phenolic OH excluding ortho intramolecular Hbond substituents is 2. The van der Waals surface area contributed by atoms with Crippen LogP contribution < -0.4 is 5.32 Å². The summed E-state index contributed by atoms with van der Waals surface area (Å²) in [7, 11) is 0. The van der Waals surface area contributed by atoms with Crippen molar-refractivity contribution < 1.29 is 30.0 Å². The molecule has 200 valence electrons.